The second-order valence-corrected chi connectivity index (χ2v) is 5.06. The molecule has 2 heterocycles. The van der Waals surface area contributed by atoms with Crippen molar-refractivity contribution in [1.82, 2.24) is 15.1 Å². The van der Waals surface area contributed by atoms with E-state index in [4.69, 9.17) is 9.26 Å². The molecule has 0 unspecified atom stereocenters. The van der Waals surface area contributed by atoms with E-state index in [2.05, 4.69) is 15.2 Å². The van der Waals surface area contributed by atoms with Crippen LogP contribution in [0.25, 0.3) is 11.5 Å². The van der Waals surface area contributed by atoms with Crippen LogP contribution >= 0.6 is 0 Å². The summed E-state index contributed by atoms with van der Waals surface area (Å²) < 4.78 is 23.0. The lowest BCUT2D eigenvalue weighted by molar-refractivity contribution is -0.137. The minimum Gasteiger partial charge on any atom is -0.453 e. The smallest absolute Gasteiger partial charge is 0.354 e. The SMILES string of the molecule is CN1N=C(C(=O)OCc2noc(-c3ccc(F)cc3)n2)CCC1=O. The maximum atomic E-state index is 12.9. The fourth-order valence-electron chi connectivity index (χ4n) is 2.05. The van der Waals surface area contributed by atoms with Gasteiger partial charge in [0.2, 0.25) is 11.7 Å². The van der Waals surface area contributed by atoms with Crippen molar-refractivity contribution in [3.63, 3.8) is 0 Å². The van der Waals surface area contributed by atoms with Gasteiger partial charge in [0.05, 0.1) is 0 Å². The van der Waals surface area contributed by atoms with Gasteiger partial charge in [-0.3, -0.25) is 4.79 Å². The normalized spacial score (nSPS) is 14.5. The summed E-state index contributed by atoms with van der Waals surface area (Å²) in [5.74, 6) is -0.801. The Morgan fingerprint density at radius 2 is 2.08 bits per heavy atom. The van der Waals surface area contributed by atoms with E-state index in [9.17, 15) is 14.0 Å². The van der Waals surface area contributed by atoms with Crippen LogP contribution in [-0.2, 0) is 20.9 Å². The molecule has 1 aromatic carbocycles. The molecule has 0 bridgehead atoms. The number of carbonyl (C=O) groups is 2. The van der Waals surface area contributed by atoms with Gasteiger partial charge < -0.3 is 9.26 Å². The van der Waals surface area contributed by atoms with Crippen molar-refractivity contribution >= 4 is 17.6 Å². The van der Waals surface area contributed by atoms with Crippen molar-refractivity contribution in [2.24, 2.45) is 5.10 Å². The maximum Gasteiger partial charge on any atom is 0.354 e. The van der Waals surface area contributed by atoms with Gasteiger partial charge in [-0.25, -0.2) is 14.2 Å². The number of esters is 1. The number of amides is 1. The minimum absolute atomic E-state index is 0.159. The van der Waals surface area contributed by atoms with Crippen LogP contribution in [0.1, 0.15) is 18.7 Å². The van der Waals surface area contributed by atoms with Crippen LogP contribution in [0.2, 0.25) is 0 Å². The summed E-state index contributed by atoms with van der Waals surface area (Å²) in [5.41, 5.74) is 0.720. The van der Waals surface area contributed by atoms with Gasteiger partial charge >= 0.3 is 5.97 Å². The Hall–Kier alpha value is -3.10. The van der Waals surface area contributed by atoms with E-state index in [-0.39, 0.29) is 48.6 Å². The largest absolute Gasteiger partial charge is 0.453 e. The Kier molecular flexibility index (Phi) is 4.32. The first-order chi connectivity index (χ1) is 11.5. The minimum atomic E-state index is -0.637. The third-order valence-electron chi connectivity index (χ3n) is 3.33. The van der Waals surface area contributed by atoms with Crippen LogP contribution in [0.4, 0.5) is 4.39 Å². The standard InChI is InChI=1S/C15H13FN4O4/c1-20-13(21)7-6-11(18-20)15(22)23-8-12-17-14(24-19-12)9-2-4-10(16)5-3-9/h2-5H,6-8H2,1H3. The highest BCUT2D eigenvalue weighted by atomic mass is 19.1. The molecule has 1 aromatic heterocycles. The molecule has 24 heavy (non-hydrogen) atoms. The van der Waals surface area contributed by atoms with Gasteiger partial charge in [-0.15, -0.1) is 0 Å². The van der Waals surface area contributed by atoms with Gasteiger partial charge in [-0.1, -0.05) is 5.16 Å². The number of benzene rings is 1. The van der Waals surface area contributed by atoms with E-state index in [1.54, 1.807) is 0 Å². The Morgan fingerprint density at radius 1 is 1.33 bits per heavy atom. The summed E-state index contributed by atoms with van der Waals surface area (Å²) in [7, 11) is 1.48. The molecule has 0 atom stereocenters. The van der Waals surface area contributed by atoms with Crippen LogP contribution in [0, 0.1) is 5.82 Å². The summed E-state index contributed by atoms with van der Waals surface area (Å²) in [4.78, 5) is 27.3. The number of halogens is 1. The van der Waals surface area contributed by atoms with Gasteiger partial charge in [0.25, 0.3) is 5.89 Å². The highest BCUT2D eigenvalue weighted by molar-refractivity contribution is 6.37. The van der Waals surface area contributed by atoms with Crippen LogP contribution < -0.4 is 0 Å². The molecule has 9 heteroatoms. The molecule has 0 radical (unpaired) electrons. The molecule has 2 aromatic rings. The molecule has 0 N–H and O–H groups in total. The van der Waals surface area contributed by atoms with Crippen molar-refractivity contribution in [1.29, 1.82) is 0 Å². The average molecular weight is 332 g/mol. The Balaban J connectivity index is 1.61. The summed E-state index contributed by atoms with van der Waals surface area (Å²) in [6.45, 7) is -0.194. The maximum absolute atomic E-state index is 12.9. The first kappa shape index (κ1) is 15.8. The van der Waals surface area contributed by atoms with E-state index in [1.165, 1.54) is 31.3 Å². The molecular weight excluding hydrogens is 319 g/mol. The van der Waals surface area contributed by atoms with Gasteiger partial charge in [0.1, 0.15) is 11.5 Å². The predicted molar refractivity (Wildman–Crippen MR) is 78.9 cm³/mol. The number of ether oxygens (including phenoxy) is 1. The van der Waals surface area contributed by atoms with E-state index >= 15 is 0 Å². The molecule has 0 saturated heterocycles. The molecule has 3 rings (SSSR count). The highest BCUT2D eigenvalue weighted by Crippen LogP contribution is 2.17. The molecule has 1 amide bonds. The van der Waals surface area contributed by atoms with Crippen molar-refractivity contribution in [2.75, 3.05) is 7.05 Å². The van der Waals surface area contributed by atoms with E-state index in [0.717, 1.165) is 5.01 Å². The topological polar surface area (TPSA) is 97.9 Å². The quantitative estimate of drug-likeness (QED) is 0.788. The highest BCUT2D eigenvalue weighted by Gasteiger charge is 2.23. The molecular formula is C15H13FN4O4. The first-order valence-corrected chi connectivity index (χ1v) is 7.12. The average Bonchev–Trinajstić information content (AvgIpc) is 3.05. The molecule has 124 valence electrons. The Bertz CT molecular complexity index is 800. The summed E-state index contributed by atoms with van der Waals surface area (Å²) >= 11 is 0. The number of aromatic nitrogens is 2. The van der Waals surface area contributed by atoms with Crippen LogP contribution in [-0.4, -0.2) is 39.8 Å². The number of hydrazone groups is 1. The third-order valence-corrected chi connectivity index (χ3v) is 3.33. The summed E-state index contributed by atoms with van der Waals surface area (Å²) in [6, 6.07) is 5.56. The van der Waals surface area contributed by atoms with Crippen LogP contribution in [0.15, 0.2) is 33.9 Å². The van der Waals surface area contributed by atoms with Gasteiger partial charge in [-0.2, -0.15) is 10.1 Å². The molecule has 0 fully saturated rings. The van der Waals surface area contributed by atoms with Crippen molar-refractivity contribution in [3.05, 3.63) is 35.9 Å². The van der Waals surface area contributed by atoms with Gasteiger partial charge in [0.15, 0.2) is 6.61 Å². The lowest BCUT2D eigenvalue weighted by atomic mass is 10.2. The van der Waals surface area contributed by atoms with Crippen molar-refractivity contribution < 1.29 is 23.2 Å². The zero-order valence-corrected chi connectivity index (χ0v) is 12.7. The molecule has 1 aliphatic rings. The second kappa shape index (κ2) is 6.57. The number of hydrogen-bond donors (Lipinski definition) is 0. The Morgan fingerprint density at radius 3 is 2.79 bits per heavy atom. The monoisotopic (exact) mass is 332 g/mol. The molecule has 1 aliphatic heterocycles. The first-order valence-electron chi connectivity index (χ1n) is 7.12. The Labute approximate surface area is 135 Å². The zero-order valence-electron chi connectivity index (χ0n) is 12.7. The number of nitrogens with zero attached hydrogens (tertiary/aromatic N) is 4. The lowest BCUT2D eigenvalue weighted by Crippen LogP contribution is -2.32. The van der Waals surface area contributed by atoms with E-state index in [1.807, 2.05) is 0 Å². The molecule has 0 saturated carbocycles. The van der Waals surface area contributed by atoms with E-state index < -0.39 is 5.97 Å². The van der Waals surface area contributed by atoms with Gasteiger partial charge in [-0.05, 0) is 24.3 Å². The van der Waals surface area contributed by atoms with Crippen molar-refractivity contribution in [2.45, 2.75) is 19.4 Å². The van der Waals surface area contributed by atoms with Crippen LogP contribution in [0.5, 0.6) is 0 Å². The molecule has 0 spiro atoms. The van der Waals surface area contributed by atoms with Gasteiger partial charge in [0, 0.05) is 25.5 Å². The molecule has 0 aliphatic carbocycles. The number of carbonyl (C=O) groups excluding carboxylic acids is 2. The van der Waals surface area contributed by atoms with E-state index in [0.29, 0.717) is 5.56 Å². The lowest BCUT2D eigenvalue weighted by Gasteiger charge is -2.18. The second-order valence-electron chi connectivity index (χ2n) is 5.06. The van der Waals surface area contributed by atoms with Crippen molar-refractivity contribution in [3.8, 4) is 11.5 Å². The molecule has 8 nitrogen and oxygen atoms in total. The fraction of sp³-hybridized carbons (Fsp3) is 0.267. The summed E-state index contributed by atoms with van der Waals surface area (Å²) in [6.07, 6.45) is 0.441. The summed E-state index contributed by atoms with van der Waals surface area (Å²) in [5, 5.41) is 8.67. The zero-order chi connectivity index (χ0) is 17.1. The number of rotatable bonds is 4. The fourth-order valence-corrected chi connectivity index (χ4v) is 2.05. The number of hydrogen-bond acceptors (Lipinski definition) is 7. The third kappa shape index (κ3) is 3.45. The van der Waals surface area contributed by atoms with Crippen LogP contribution in [0.3, 0.4) is 0 Å². The predicted octanol–water partition coefficient (Wildman–Crippen LogP) is 1.53.